The molecule has 0 saturated carbocycles. The number of esters is 1. The van der Waals surface area contributed by atoms with Crippen LogP contribution in [0, 0.1) is 12.0 Å². The zero-order valence-electron chi connectivity index (χ0n) is 9.62. The number of hydrogen-bond donors (Lipinski definition) is 1. The molecule has 0 bridgehead atoms. The van der Waals surface area contributed by atoms with Gasteiger partial charge in [0.15, 0.2) is 0 Å². The Hall–Kier alpha value is -1.47. The zero-order chi connectivity index (χ0) is 12.2. The monoisotopic (exact) mass is 226 g/mol. The summed E-state index contributed by atoms with van der Waals surface area (Å²) in [4.78, 5) is 10.9. The van der Waals surface area contributed by atoms with Gasteiger partial charge in [-0.05, 0) is 19.8 Å². The first-order chi connectivity index (χ1) is 7.68. The van der Waals surface area contributed by atoms with Gasteiger partial charge in [0.1, 0.15) is 19.3 Å². The Morgan fingerprint density at radius 1 is 1.38 bits per heavy atom. The third kappa shape index (κ3) is 9.10. The fourth-order valence-corrected chi connectivity index (χ4v) is 0.778. The highest BCUT2D eigenvalue weighted by molar-refractivity contribution is 5.86. The number of carbonyl (C=O) groups is 1. The van der Waals surface area contributed by atoms with Crippen molar-refractivity contribution in [3.8, 4) is 12.0 Å². The molecule has 0 saturated heterocycles. The summed E-state index contributed by atoms with van der Waals surface area (Å²) in [5.74, 6) is 2.37. The van der Waals surface area contributed by atoms with Gasteiger partial charge in [-0.25, -0.2) is 4.79 Å². The lowest BCUT2D eigenvalue weighted by atomic mass is 10.2. The minimum absolute atomic E-state index is 0.178. The van der Waals surface area contributed by atoms with Crippen molar-refractivity contribution in [3.05, 3.63) is 12.2 Å². The predicted molar refractivity (Wildman–Crippen MR) is 60.4 cm³/mol. The number of aliphatic hydroxyl groups is 1. The number of hydrogen-bond acceptors (Lipinski definition) is 4. The molecule has 0 rings (SSSR count). The average Bonchev–Trinajstić information content (AvgIpc) is 2.26. The van der Waals surface area contributed by atoms with Gasteiger partial charge in [0.05, 0.1) is 0 Å². The maximum absolute atomic E-state index is 10.9. The lowest BCUT2D eigenvalue weighted by Gasteiger charge is -2.01. The highest BCUT2D eigenvalue weighted by Gasteiger charge is 2.01. The first-order valence-corrected chi connectivity index (χ1v) is 5.21. The Morgan fingerprint density at radius 3 is 2.75 bits per heavy atom. The molecule has 4 nitrogen and oxygen atoms in total. The molecule has 0 aromatic carbocycles. The van der Waals surface area contributed by atoms with Crippen LogP contribution in [0.15, 0.2) is 12.2 Å². The molecule has 0 spiro atoms. The summed E-state index contributed by atoms with van der Waals surface area (Å²) in [7, 11) is 0. The molecule has 0 aliphatic heterocycles. The highest BCUT2D eigenvalue weighted by Crippen LogP contribution is 1.92. The van der Waals surface area contributed by atoms with Gasteiger partial charge in [-0.1, -0.05) is 12.5 Å². The van der Waals surface area contributed by atoms with Crippen molar-refractivity contribution in [3.63, 3.8) is 0 Å². The van der Waals surface area contributed by atoms with Crippen LogP contribution in [-0.4, -0.2) is 30.9 Å². The molecular weight excluding hydrogens is 208 g/mol. The lowest BCUT2D eigenvalue weighted by molar-refractivity contribution is -0.139. The highest BCUT2D eigenvalue weighted by atomic mass is 16.6. The maximum Gasteiger partial charge on any atom is 0.333 e. The molecule has 0 unspecified atom stereocenters. The topological polar surface area (TPSA) is 55.8 Å². The van der Waals surface area contributed by atoms with Crippen LogP contribution in [0.25, 0.3) is 0 Å². The number of aliphatic hydroxyl groups excluding tert-OH is 1. The fourth-order valence-electron chi connectivity index (χ4n) is 0.778. The number of ether oxygens (including phenoxy) is 2. The van der Waals surface area contributed by atoms with E-state index >= 15 is 0 Å². The van der Waals surface area contributed by atoms with E-state index in [1.165, 1.54) is 0 Å². The Balaban J connectivity index is 3.32. The minimum Gasteiger partial charge on any atom is -0.459 e. The van der Waals surface area contributed by atoms with Crippen molar-refractivity contribution in [2.24, 2.45) is 0 Å². The van der Waals surface area contributed by atoms with Crippen LogP contribution in [0.2, 0.25) is 0 Å². The zero-order valence-corrected chi connectivity index (χ0v) is 9.62. The van der Waals surface area contributed by atoms with Crippen molar-refractivity contribution >= 4 is 5.97 Å². The Morgan fingerprint density at radius 2 is 2.12 bits per heavy atom. The van der Waals surface area contributed by atoms with Crippen LogP contribution in [0.4, 0.5) is 0 Å². The van der Waals surface area contributed by atoms with Gasteiger partial charge >= 0.3 is 5.97 Å². The van der Waals surface area contributed by atoms with Gasteiger partial charge in [-0.3, -0.25) is 0 Å². The molecule has 0 amide bonds. The molecule has 0 aromatic rings. The molecule has 16 heavy (non-hydrogen) atoms. The molecule has 0 aliphatic rings. The summed E-state index contributed by atoms with van der Waals surface area (Å²) in [5.41, 5.74) is 0.370. The quantitative estimate of drug-likeness (QED) is 0.307. The van der Waals surface area contributed by atoms with Crippen molar-refractivity contribution < 1.29 is 19.4 Å². The third-order valence-corrected chi connectivity index (χ3v) is 1.62. The minimum atomic E-state index is -0.417. The van der Waals surface area contributed by atoms with Gasteiger partial charge in [-0.15, -0.1) is 0 Å². The normalized spacial score (nSPS) is 8.88. The molecule has 0 atom stereocenters. The van der Waals surface area contributed by atoms with Gasteiger partial charge in [-0.2, -0.15) is 0 Å². The van der Waals surface area contributed by atoms with E-state index in [-0.39, 0.29) is 19.8 Å². The number of carbonyl (C=O) groups excluding carboxylic acids is 1. The molecule has 1 N–H and O–H groups in total. The van der Waals surface area contributed by atoms with E-state index in [9.17, 15) is 4.79 Å². The summed E-state index contributed by atoms with van der Waals surface area (Å²) in [5, 5.41) is 8.50. The average molecular weight is 226 g/mol. The summed E-state index contributed by atoms with van der Waals surface area (Å²) in [6.07, 6.45) is 4.82. The summed E-state index contributed by atoms with van der Waals surface area (Å²) < 4.78 is 9.70. The van der Waals surface area contributed by atoms with Crippen molar-refractivity contribution in [1.29, 1.82) is 0 Å². The molecule has 4 heteroatoms. The smallest absolute Gasteiger partial charge is 0.333 e. The van der Waals surface area contributed by atoms with Crippen LogP contribution in [0.3, 0.4) is 0 Å². The summed E-state index contributed by atoms with van der Waals surface area (Å²) >= 11 is 0. The molecule has 90 valence electrons. The standard InChI is InChI=1S/C12H18O4/c1-11(2)12(14)16-10-9-15-8-6-4-3-5-7-13/h13H,1,3-5,7,9-10H2,2H3. The third-order valence-electron chi connectivity index (χ3n) is 1.62. The molecular formula is C12H18O4. The molecule has 0 aromatic heterocycles. The van der Waals surface area contributed by atoms with Gasteiger partial charge in [0.2, 0.25) is 0 Å². The molecule has 0 aliphatic carbocycles. The van der Waals surface area contributed by atoms with E-state index in [1.807, 2.05) is 0 Å². The van der Waals surface area contributed by atoms with Gasteiger partial charge in [0, 0.05) is 18.6 Å². The van der Waals surface area contributed by atoms with Crippen molar-refractivity contribution in [2.45, 2.75) is 26.2 Å². The van der Waals surface area contributed by atoms with Crippen molar-refractivity contribution in [2.75, 3.05) is 19.8 Å². The SMILES string of the molecule is C=C(C)C(=O)OCCOC#CCCCCO. The van der Waals surface area contributed by atoms with E-state index in [1.54, 1.807) is 6.92 Å². The predicted octanol–water partition coefficient (Wildman–Crippen LogP) is 1.25. The van der Waals surface area contributed by atoms with Crippen LogP contribution < -0.4 is 0 Å². The van der Waals surface area contributed by atoms with Gasteiger partial charge < -0.3 is 14.6 Å². The maximum atomic E-state index is 10.9. The van der Waals surface area contributed by atoms with Crippen LogP contribution in [0.1, 0.15) is 26.2 Å². The molecule has 0 fully saturated rings. The fraction of sp³-hybridized carbons (Fsp3) is 0.583. The summed E-state index contributed by atoms with van der Waals surface area (Å²) in [6, 6.07) is 0. The van der Waals surface area contributed by atoms with E-state index in [0.717, 1.165) is 12.8 Å². The Labute approximate surface area is 96.2 Å². The Kier molecular flexibility index (Phi) is 9.14. The number of rotatable bonds is 7. The second-order valence-electron chi connectivity index (χ2n) is 3.22. The summed E-state index contributed by atoms with van der Waals surface area (Å²) in [6.45, 7) is 5.66. The second kappa shape index (κ2) is 10.1. The van der Waals surface area contributed by atoms with Gasteiger partial charge in [0.25, 0.3) is 0 Å². The van der Waals surface area contributed by atoms with Crippen LogP contribution in [-0.2, 0) is 14.3 Å². The molecule has 0 radical (unpaired) electrons. The van der Waals surface area contributed by atoms with Crippen molar-refractivity contribution in [1.82, 2.24) is 0 Å². The first kappa shape index (κ1) is 14.5. The molecule has 0 heterocycles. The van der Waals surface area contributed by atoms with Crippen LogP contribution >= 0.6 is 0 Å². The van der Waals surface area contributed by atoms with Crippen LogP contribution in [0.5, 0.6) is 0 Å². The van der Waals surface area contributed by atoms with E-state index < -0.39 is 5.97 Å². The Bertz CT molecular complexity index is 272. The van der Waals surface area contributed by atoms with E-state index in [0.29, 0.717) is 12.0 Å². The number of unbranched alkanes of at least 4 members (excludes halogenated alkanes) is 2. The van der Waals surface area contributed by atoms with E-state index in [4.69, 9.17) is 14.6 Å². The lowest BCUT2D eigenvalue weighted by Crippen LogP contribution is -2.09. The van der Waals surface area contributed by atoms with E-state index in [2.05, 4.69) is 18.6 Å². The largest absolute Gasteiger partial charge is 0.459 e. The first-order valence-electron chi connectivity index (χ1n) is 5.21. The second-order valence-corrected chi connectivity index (χ2v) is 3.22.